The van der Waals surface area contributed by atoms with E-state index in [1.54, 1.807) is 0 Å². The van der Waals surface area contributed by atoms with Crippen LogP contribution in [-0.4, -0.2) is 47.8 Å². The van der Waals surface area contributed by atoms with Crippen molar-refractivity contribution in [2.75, 3.05) is 32.0 Å². The fourth-order valence-electron chi connectivity index (χ4n) is 2.26. The van der Waals surface area contributed by atoms with Gasteiger partial charge in [-0.05, 0) is 45.5 Å². The molecule has 2 unspecified atom stereocenters. The van der Waals surface area contributed by atoms with Gasteiger partial charge in [0.25, 0.3) is 0 Å². The summed E-state index contributed by atoms with van der Waals surface area (Å²) in [7, 11) is 2.15. The van der Waals surface area contributed by atoms with E-state index < -0.39 is 0 Å². The first-order valence-electron chi connectivity index (χ1n) is 6.67. The summed E-state index contributed by atoms with van der Waals surface area (Å²) >= 11 is 0. The molecular formula is C13H23N5. The Labute approximate surface area is 109 Å². The van der Waals surface area contributed by atoms with Crippen LogP contribution in [0.25, 0.3) is 0 Å². The molecule has 18 heavy (non-hydrogen) atoms. The van der Waals surface area contributed by atoms with E-state index in [1.165, 1.54) is 6.42 Å². The molecule has 1 aliphatic heterocycles. The highest BCUT2D eigenvalue weighted by Gasteiger charge is 2.22. The molecule has 0 aromatic carbocycles. The normalized spacial score (nSPS) is 22.1. The van der Waals surface area contributed by atoms with Crippen LogP contribution in [0.3, 0.4) is 0 Å². The van der Waals surface area contributed by atoms with Crippen molar-refractivity contribution in [3.63, 3.8) is 0 Å². The zero-order valence-electron chi connectivity index (χ0n) is 11.3. The van der Waals surface area contributed by atoms with Crippen LogP contribution in [0.1, 0.15) is 31.4 Å². The second kappa shape index (κ2) is 6.11. The SMILES string of the molecule is CC(N)CCNc1ccc(C2CCN(C)C2)nn1. The molecule has 1 fully saturated rings. The van der Waals surface area contributed by atoms with Gasteiger partial charge < -0.3 is 16.0 Å². The van der Waals surface area contributed by atoms with Gasteiger partial charge in [0.15, 0.2) is 0 Å². The van der Waals surface area contributed by atoms with Crippen LogP contribution in [-0.2, 0) is 0 Å². The van der Waals surface area contributed by atoms with Crippen LogP contribution >= 0.6 is 0 Å². The lowest BCUT2D eigenvalue weighted by atomic mass is 10.1. The molecule has 1 aromatic rings. The average molecular weight is 249 g/mol. The van der Waals surface area contributed by atoms with Crippen molar-refractivity contribution in [2.45, 2.75) is 31.7 Å². The van der Waals surface area contributed by atoms with Gasteiger partial charge in [-0.3, -0.25) is 0 Å². The van der Waals surface area contributed by atoms with Crippen molar-refractivity contribution < 1.29 is 0 Å². The molecule has 2 heterocycles. The molecule has 1 aromatic heterocycles. The Balaban J connectivity index is 1.85. The van der Waals surface area contributed by atoms with Gasteiger partial charge in [0, 0.05) is 25.0 Å². The highest BCUT2D eigenvalue weighted by atomic mass is 15.2. The number of nitrogens with zero attached hydrogens (tertiary/aromatic N) is 3. The van der Waals surface area contributed by atoms with Crippen LogP contribution < -0.4 is 11.1 Å². The van der Waals surface area contributed by atoms with E-state index in [4.69, 9.17) is 5.73 Å². The Bertz CT molecular complexity index is 362. The number of hydrogen-bond acceptors (Lipinski definition) is 5. The van der Waals surface area contributed by atoms with Gasteiger partial charge in [-0.2, -0.15) is 5.10 Å². The highest BCUT2D eigenvalue weighted by Crippen LogP contribution is 2.24. The molecule has 5 nitrogen and oxygen atoms in total. The Morgan fingerprint density at radius 2 is 2.33 bits per heavy atom. The Morgan fingerprint density at radius 3 is 2.89 bits per heavy atom. The largest absolute Gasteiger partial charge is 0.369 e. The van der Waals surface area contributed by atoms with Crippen molar-refractivity contribution in [3.8, 4) is 0 Å². The minimum atomic E-state index is 0.221. The lowest BCUT2D eigenvalue weighted by Crippen LogP contribution is -2.19. The fourth-order valence-corrected chi connectivity index (χ4v) is 2.26. The lowest BCUT2D eigenvalue weighted by Gasteiger charge is -2.10. The first kappa shape index (κ1) is 13.2. The van der Waals surface area contributed by atoms with Gasteiger partial charge in [-0.1, -0.05) is 0 Å². The quantitative estimate of drug-likeness (QED) is 0.816. The summed E-state index contributed by atoms with van der Waals surface area (Å²) in [5, 5.41) is 11.8. The maximum atomic E-state index is 5.70. The van der Waals surface area contributed by atoms with Gasteiger partial charge >= 0.3 is 0 Å². The van der Waals surface area contributed by atoms with Gasteiger partial charge in [0.1, 0.15) is 5.82 Å². The molecular weight excluding hydrogens is 226 g/mol. The molecule has 0 spiro atoms. The van der Waals surface area contributed by atoms with E-state index >= 15 is 0 Å². The number of aromatic nitrogens is 2. The number of nitrogens with one attached hydrogen (secondary N) is 1. The Hall–Kier alpha value is -1.20. The summed E-state index contributed by atoms with van der Waals surface area (Å²) < 4.78 is 0. The standard InChI is InChI=1S/C13H23N5/c1-10(14)5-7-15-13-4-3-12(16-17-13)11-6-8-18(2)9-11/h3-4,10-11H,5-9,14H2,1-2H3,(H,15,17). The molecule has 0 bridgehead atoms. The molecule has 1 aliphatic rings. The second-order valence-corrected chi connectivity index (χ2v) is 5.28. The second-order valence-electron chi connectivity index (χ2n) is 5.28. The van der Waals surface area contributed by atoms with E-state index in [9.17, 15) is 0 Å². The lowest BCUT2D eigenvalue weighted by molar-refractivity contribution is 0.410. The molecule has 0 saturated carbocycles. The fraction of sp³-hybridized carbons (Fsp3) is 0.692. The van der Waals surface area contributed by atoms with Crippen molar-refractivity contribution >= 4 is 5.82 Å². The molecule has 3 N–H and O–H groups in total. The summed E-state index contributed by atoms with van der Waals surface area (Å²) in [6.07, 6.45) is 2.12. The molecule has 0 radical (unpaired) electrons. The molecule has 2 rings (SSSR count). The molecule has 1 saturated heterocycles. The van der Waals surface area contributed by atoms with Gasteiger partial charge in [-0.15, -0.1) is 5.10 Å². The summed E-state index contributed by atoms with van der Waals surface area (Å²) in [5.74, 6) is 1.38. The van der Waals surface area contributed by atoms with Crippen LogP contribution in [0.5, 0.6) is 0 Å². The van der Waals surface area contributed by atoms with E-state index in [1.807, 2.05) is 13.0 Å². The van der Waals surface area contributed by atoms with Gasteiger partial charge in [-0.25, -0.2) is 0 Å². The summed E-state index contributed by atoms with van der Waals surface area (Å²) in [4.78, 5) is 2.33. The van der Waals surface area contributed by atoms with Gasteiger partial charge in [0.05, 0.1) is 5.69 Å². The predicted molar refractivity (Wildman–Crippen MR) is 73.6 cm³/mol. The third-order valence-corrected chi connectivity index (χ3v) is 3.40. The van der Waals surface area contributed by atoms with Crippen molar-refractivity contribution in [1.29, 1.82) is 0 Å². The number of rotatable bonds is 5. The first-order chi connectivity index (χ1) is 8.65. The van der Waals surface area contributed by atoms with E-state index in [2.05, 4.69) is 33.5 Å². The first-order valence-corrected chi connectivity index (χ1v) is 6.67. The van der Waals surface area contributed by atoms with E-state index in [-0.39, 0.29) is 6.04 Å². The molecule has 5 heteroatoms. The van der Waals surface area contributed by atoms with E-state index in [0.717, 1.165) is 37.6 Å². The van der Waals surface area contributed by atoms with Gasteiger partial charge in [0.2, 0.25) is 0 Å². The van der Waals surface area contributed by atoms with Crippen molar-refractivity contribution in [2.24, 2.45) is 5.73 Å². The third-order valence-electron chi connectivity index (χ3n) is 3.40. The minimum Gasteiger partial charge on any atom is -0.369 e. The van der Waals surface area contributed by atoms with E-state index in [0.29, 0.717) is 5.92 Å². The molecule has 2 atom stereocenters. The number of nitrogens with two attached hydrogens (primary N) is 1. The number of likely N-dealkylation sites (tertiary alicyclic amines) is 1. The highest BCUT2D eigenvalue weighted by molar-refractivity contribution is 5.33. The summed E-state index contributed by atoms with van der Waals surface area (Å²) in [5.41, 5.74) is 6.80. The smallest absolute Gasteiger partial charge is 0.148 e. The topological polar surface area (TPSA) is 67.1 Å². The Kier molecular flexibility index (Phi) is 4.49. The average Bonchev–Trinajstić information content (AvgIpc) is 2.76. The summed E-state index contributed by atoms with van der Waals surface area (Å²) in [6, 6.07) is 4.33. The molecule has 100 valence electrons. The van der Waals surface area contributed by atoms with Crippen molar-refractivity contribution in [1.82, 2.24) is 15.1 Å². The third kappa shape index (κ3) is 3.65. The maximum Gasteiger partial charge on any atom is 0.148 e. The monoisotopic (exact) mass is 249 g/mol. The predicted octanol–water partition coefficient (Wildman–Crippen LogP) is 1.04. The summed E-state index contributed by atoms with van der Waals surface area (Å²) in [6.45, 7) is 5.10. The number of hydrogen-bond donors (Lipinski definition) is 2. The van der Waals surface area contributed by atoms with Crippen LogP contribution in [0.4, 0.5) is 5.82 Å². The zero-order valence-corrected chi connectivity index (χ0v) is 11.3. The molecule has 0 aliphatic carbocycles. The number of anilines is 1. The number of likely N-dealkylation sites (N-methyl/N-ethyl adjacent to an activating group) is 1. The molecule has 0 amide bonds. The Morgan fingerprint density at radius 1 is 1.50 bits per heavy atom. The maximum absolute atomic E-state index is 5.70. The van der Waals surface area contributed by atoms with Crippen LogP contribution in [0.15, 0.2) is 12.1 Å². The van der Waals surface area contributed by atoms with Crippen LogP contribution in [0, 0.1) is 0 Å². The van der Waals surface area contributed by atoms with Crippen LogP contribution in [0.2, 0.25) is 0 Å². The zero-order chi connectivity index (χ0) is 13.0. The van der Waals surface area contributed by atoms with Crippen molar-refractivity contribution in [3.05, 3.63) is 17.8 Å². The minimum absolute atomic E-state index is 0.221.